The van der Waals surface area contributed by atoms with Gasteiger partial charge in [-0.25, -0.2) is 4.99 Å². The summed E-state index contributed by atoms with van der Waals surface area (Å²) in [5.74, 6) is 1.68. The molecule has 0 aromatic heterocycles. The first kappa shape index (κ1) is 26.5. The molecule has 0 bridgehead atoms. The van der Waals surface area contributed by atoms with Crippen molar-refractivity contribution in [3.8, 4) is 11.5 Å². The van der Waals surface area contributed by atoms with Gasteiger partial charge in [-0.2, -0.15) is 0 Å². The molecule has 0 aliphatic heterocycles. The lowest BCUT2D eigenvalue weighted by molar-refractivity contribution is -0.123. The minimum atomic E-state index is -0.164. The Balaban J connectivity index is 0.00000480. The van der Waals surface area contributed by atoms with E-state index in [9.17, 15) is 4.79 Å². The van der Waals surface area contributed by atoms with Crippen LogP contribution in [0.3, 0.4) is 0 Å². The molecule has 0 unspecified atom stereocenters. The van der Waals surface area contributed by atoms with E-state index in [4.69, 9.17) is 9.47 Å². The van der Waals surface area contributed by atoms with E-state index in [1.54, 1.807) is 13.2 Å². The van der Waals surface area contributed by atoms with Crippen molar-refractivity contribution >= 4 is 35.8 Å². The number of rotatable bonds is 10. The molecule has 0 spiro atoms. The molecule has 0 atom stereocenters. The number of amides is 1. The SMILES string of the molecule is CCNC(=O)COc1ccc(CN=C(NCC)NCc2ccc(C)cc2)cc1OC.I. The summed E-state index contributed by atoms with van der Waals surface area (Å²) in [4.78, 5) is 16.2. The number of guanidine groups is 1. The number of benzene rings is 2. The zero-order valence-corrected chi connectivity index (χ0v) is 21.0. The van der Waals surface area contributed by atoms with Crippen molar-refractivity contribution in [3.05, 3.63) is 59.2 Å². The van der Waals surface area contributed by atoms with Crippen molar-refractivity contribution in [2.75, 3.05) is 26.8 Å². The maximum Gasteiger partial charge on any atom is 0.257 e. The Kier molecular flexibility index (Phi) is 12.4. The molecule has 1 amide bonds. The van der Waals surface area contributed by atoms with Gasteiger partial charge in [0.2, 0.25) is 0 Å². The first-order valence-electron chi connectivity index (χ1n) is 10.2. The first-order valence-corrected chi connectivity index (χ1v) is 10.2. The molecule has 0 aliphatic rings. The Hall–Kier alpha value is -2.49. The smallest absolute Gasteiger partial charge is 0.257 e. The van der Waals surface area contributed by atoms with Crippen LogP contribution in [0.25, 0.3) is 0 Å². The number of hydrogen-bond acceptors (Lipinski definition) is 4. The van der Waals surface area contributed by atoms with Crippen LogP contribution in [0.1, 0.15) is 30.5 Å². The van der Waals surface area contributed by atoms with Crippen molar-refractivity contribution in [1.82, 2.24) is 16.0 Å². The number of nitrogens with one attached hydrogen (secondary N) is 3. The highest BCUT2D eigenvalue weighted by atomic mass is 127. The molecule has 0 radical (unpaired) electrons. The van der Waals surface area contributed by atoms with Crippen LogP contribution in [-0.2, 0) is 17.9 Å². The number of likely N-dealkylation sites (N-methyl/N-ethyl adjacent to an activating group) is 1. The molecule has 2 aromatic rings. The third-order valence-corrected chi connectivity index (χ3v) is 4.31. The lowest BCUT2D eigenvalue weighted by Crippen LogP contribution is -2.36. The lowest BCUT2D eigenvalue weighted by Gasteiger charge is -2.13. The predicted octanol–water partition coefficient (Wildman–Crippen LogP) is 3.39. The topological polar surface area (TPSA) is 84.0 Å². The van der Waals surface area contributed by atoms with Gasteiger partial charge in [0.1, 0.15) is 0 Å². The van der Waals surface area contributed by atoms with E-state index in [1.807, 2.05) is 26.0 Å². The summed E-state index contributed by atoms with van der Waals surface area (Å²) in [6, 6.07) is 14.0. The van der Waals surface area contributed by atoms with E-state index in [-0.39, 0.29) is 36.5 Å². The Morgan fingerprint density at radius 3 is 2.26 bits per heavy atom. The highest BCUT2D eigenvalue weighted by molar-refractivity contribution is 14.0. The highest BCUT2D eigenvalue weighted by Gasteiger charge is 2.08. The largest absolute Gasteiger partial charge is 0.493 e. The number of nitrogens with zero attached hydrogens (tertiary/aromatic N) is 1. The molecule has 170 valence electrons. The molecule has 3 N–H and O–H groups in total. The van der Waals surface area contributed by atoms with Gasteiger partial charge in [0.15, 0.2) is 24.1 Å². The van der Waals surface area contributed by atoms with Gasteiger partial charge in [-0.3, -0.25) is 4.79 Å². The third-order valence-electron chi connectivity index (χ3n) is 4.31. The number of hydrogen-bond donors (Lipinski definition) is 3. The van der Waals surface area contributed by atoms with Gasteiger partial charge < -0.3 is 25.4 Å². The van der Waals surface area contributed by atoms with E-state index in [0.717, 1.165) is 18.1 Å². The summed E-state index contributed by atoms with van der Waals surface area (Å²) >= 11 is 0. The molecule has 0 heterocycles. The standard InChI is InChI=1S/C23H32N4O3.HI/c1-5-24-22(28)16-30-20-12-11-19(13-21(20)29-4)15-27-23(25-6-2)26-14-18-9-7-17(3)8-10-18;/h7-13H,5-6,14-16H2,1-4H3,(H,24,28)(H2,25,26,27);1H. The van der Waals surface area contributed by atoms with Gasteiger partial charge in [0.25, 0.3) is 5.91 Å². The monoisotopic (exact) mass is 540 g/mol. The molecule has 0 aliphatic carbocycles. The maximum absolute atomic E-state index is 11.6. The lowest BCUT2D eigenvalue weighted by atomic mass is 10.1. The average molecular weight is 540 g/mol. The minimum absolute atomic E-state index is 0. The molecule has 0 fully saturated rings. The minimum Gasteiger partial charge on any atom is -0.493 e. The molecule has 2 aromatic carbocycles. The number of methoxy groups -OCH3 is 1. The Bertz CT molecular complexity index is 841. The zero-order chi connectivity index (χ0) is 21.8. The summed E-state index contributed by atoms with van der Waals surface area (Å²) in [7, 11) is 1.58. The number of halogens is 1. The van der Waals surface area contributed by atoms with Crippen LogP contribution in [0.2, 0.25) is 0 Å². The van der Waals surface area contributed by atoms with Crippen LogP contribution in [0, 0.1) is 6.92 Å². The normalized spacial score (nSPS) is 10.6. The van der Waals surface area contributed by atoms with Gasteiger partial charge >= 0.3 is 0 Å². The fourth-order valence-electron chi connectivity index (χ4n) is 2.72. The van der Waals surface area contributed by atoms with Crippen LogP contribution >= 0.6 is 24.0 Å². The van der Waals surface area contributed by atoms with E-state index < -0.39 is 0 Å². The zero-order valence-electron chi connectivity index (χ0n) is 18.7. The number of aryl methyl sites for hydroxylation is 1. The quantitative estimate of drug-likeness (QED) is 0.245. The van der Waals surface area contributed by atoms with Gasteiger partial charge in [0, 0.05) is 19.6 Å². The fourth-order valence-corrected chi connectivity index (χ4v) is 2.72. The maximum atomic E-state index is 11.6. The second kappa shape index (κ2) is 14.5. The third kappa shape index (κ3) is 9.46. The number of aliphatic imine (C=N–C) groups is 1. The number of carbonyl (C=O) groups excluding carboxylic acids is 1. The fraction of sp³-hybridized carbons (Fsp3) is 0.391. The molecule has 0 saturated heterocycles. The van der Waals surface area contributed by atoms with E-state index in [2.05, 4.69) is 52.1 Å². The summed E-state index contributed by atoms with van der Waals surface area (Å²) in [6.07, 6.45) is 0. The second-order valence-corrected chi connectivity index (χ2v) is 6.76. The van der Waals surface area contributed by atoms with Gasteiger partial charge in [0.05, 0.1) is 13.7 Å². The van der Waals surface area contributed by atoms with Crippen LogP contribution in [0.15, 0.2) is 47.5 Å². The molecule has 8 heteroatoms. The van der Waals surface area contributed by atoms with E-state index in [1.165, 1.54) is 11.1 Å². The highest BCUT2D eigenvalue weighted by Crippen LogP contribution is 2.28. The van der Waals surface area contributed by atoms with E-state index >= 15 is 0 Å². The summed E-state index contributed by atoms with van der Waals surface area (Å²) < 4.78 is 11.0. The van der Waals surface area contributed by atoms with E-state index in [0.29, 0.717) is 31.1 Å². The molecule has 2 rings (SSSR count). The molecule has 7 nitrogen and oxygen atoms in total. The number of ether oxygens (including phenoxy) is 2. The second-order valence-electron chi connectivity index (χ2n) is 6.76. The van der Waals surface area contributed by atoms with Gasteiger partial charge in [-0.15, -0.1) is 24.0 Å². The molecular weight excluding hydrogens is 507 g/mol. The summed E-state index contributed by atoms with van der Waals surface area (Å²) in [6.45, 7) is 8.46. The molecule has 0 saturated carbocycles. The van der Waals surface area contributed by atoms with Gasteiger partial charge in [-0.05, 0) is 44.0 Å². The summed E-state index contributed by atoms with van der Waals surface area (Å²) in [5, 5.41) is 9.31. The first-order chi connectivity index (χ1) is 14.5. The Morgan fingerprint density at radius 1 is 0.935 bits per heavy atom. The van der Waals surface area contributed by atoms with Crippen molar-refractivity contribution < 1.29 is 14.3 Å². The average Bonchev–Trinajstić information content (AvgIpc) is 2.75. The van der Waals surface area contributed by atoms with Crippen LogP contribution in [0.5, 0.6) is 11.5 Å². The number of carbonyl (C=O) groups is 1. The predicted molar refractivity (Wildman–Crippen MR) is 135 cm³/mol. The Labute approximate surface area is 202 Å². The molecule has 31 heavy (non-hydrogen) atoms. The van der Waals surface area contributed by atoms with Crippen molar-refractivity contribution in [2.24, 2.45) is 4.99 Å². The van der Waals surface area contributed by atoms with Gasteiger partial charge in [-0.1, -0.05) is 35.9 Å². The van der Waals surface area contributed by atoms with Crippen molar-refractivity contribution in [1.29, 1.82) is 0 Å². The Morgan fingerprint density at radius 2 is 1.61 bits per heavy atom. The molecular formula is C23H33IN4O3. The van der Waals surface area contributed by atoms with Crippen LogP contribution in [0.4, 0.5) is 0 Å². The summed E-state index contributed by atoms with van der Waals surface area (Å²) in [5.41, 5.74) is 3.41. The van der Waals surface area contributed by atoms with Crippen molar-refractivity contribution in [2.45, 2.75) is 33.9 Å². The van der Waals surface area contributed by atoms with Crippen LogP contribution < -0.4 is 25.4 Å². The van der Waals surface area contributed by atoms with Crippen molar-refractivity contribution in [3.63, 3.8) is 0 Å². The van der Waals surface area contributed by atoms with Crippen LogP contribution in [-0.4, -0.2) is 38.7 Å².